The SMILES string of the molecule is CC(C)c1ccnc(-c2ccc(C3CCCC3)cc2)c1. The highest BCUT2D eigenvalue weighted by atomic mass is 14.7. The third-order valence-corrected chi connectivity index (χ3v) is 4.48. The van der Waals surface area contributed by atoms with E-state index in [0.717, 1.165) is 11.6 Å². The molecule has 1 fully saturated rings. The molecule has 0 spiro atoms. The van der Waals surface area contributed by atoms with Crippen LogP contribution in [0.5, 0.6) is 0 Å². The number of hydrogen-bond acceptors (Lipinski definition) is 1. The molecule has 1 aliphatic carbocycles. The Morgan fingerprint density at radius 2 is 1.70 bits per heavy atom. The maximum absolute atomic E-state index is 4.52. The number of hydrogen-bond donors (Lipinski definition) is 0. The Balaban J connectivity index is 1.85. The first-order valence-electron chi connectivity index (χ1n) is 7.80. The van der Waals surface area contributed by atoms with E-state index in [1.54, 1.807) is 0 Å². The number of nitrogens with zero attached hydrogens (tertiary/aromatic N) is 1. The second-order valence-corrected chi connectivity index (χ2v) is 6.23. The van der Waals surface area contributed by atoms with Crippen LogP contribution in [0, 0.1) is 0 Å². The van der Waals surface area contributed by atoms with E-state index in [1.165, 1.54) is 42.4 Å². The Morgan fingerprint density at radius 3 is 2.35 bits per heavy atom. The molecule has 0 aliphatic heterocycles. The first-order chi connectivity index (χ1) is 9.74. The van der Waals surface area contributed by atoms with Gasteiger partial charge in [0.2, 0.25) is 0 Å². The Morgan fingerprint density at radius 1 is 1.00 bits per heavy atom. The molecule has 0 bridgehead atoms. The minimum atomic E-state index is 0.550. The van der Waals surface area contributed by atoms with Crippen molar-refractivity contribution in [3.63, 3.8) is 0 Å². The molecule has 1 nitrogen and oxygen atoms in total. The second kappa shape index (κ2) is 5.78. The van der Waals surface area contributed by atoms with Crippen molar-refractivity contribution < 1.29 is 0 Å². The van der Waals surface area contributed by atoms with Crippen LogP contribution < -0.4 is 0 Å². The Labute approximate surface area is 122 Å². The molecule has 1 heterocycles. The van der Waals surface area contributed by atoms with Crippen LogP contribution in [0.2, 0.25) is 0 Å². The second-order valence-electron chi connectivity index (χ2n) is 6.23. The molecular weight excluding hydrogens is 242 g/mol. The number of pyridine rings is 1. The summed E-state index contributed by atoms with van der Waals surface area (Å²) in [6, 6.07) is 13.4. The zero-order chi connectivity index (χ0) is 13.9. The van der Waals surface area contributed by atoms with Crippen molar-refractivity contribution >= 4 is 0 Å². The monoisotopic (exact) mass is 265 g/mol. The van der Waals surface area contributed by atoms with Crippen molar-refractivity contribution in [2.24, 2.45) is 0 Å². The largest absolute Gasteiger partial charge is 0.256 e. The normalized spacial score (nSPS) is 15.9. The van der Waals surface area contributed by atoms with Gasteiger partial charge in [0.25, 0.3) is 0 Å². The van der Waals surface area contributed by atoms with E-state index in [1.807, 2.05) is 6.20 Å². The molecule has 1 aromatic carbocycles. The molecule has 0 saturated heterocycles. The van der Waals surface area contributed by atoms with Crippen molar-refractivity contribution in [2.45, 2.75) is 51.4 Å². The molecule has 2 aromatic rings. The van der Waals surface area contributed by atoms with Gasteiger partial charge in [-0.25, -0.2) is 0 Å². The maximum Gasteiger partial charge on any atom is 0.0704 e. The summed E-state index contributed by atoms with van der Waals surface area (Å²) in [7, 11) is 0. The Bertz CT molecular complexity index is 563. The van der Waals surface area contributed by atoms with Crippen LogP contribution in [0.1, 0.15) is 62.5 Å². The van der Waals surface area contributed by atoms with Gasteiger partial charge >= 0.3 is 0 Å². The molecule has 0 atom stereocenters. The lowest BCUT2D eigenvalue weighted by Crippen LogP contribution is -1.93. The minimum Gasteiger partial charge on any atom is -0.256 e. The van der Waals surface area contributed by atoms with E-state index >= 15 is 0 Å². The van der Waals surface area contributed by atoms with Gasteiger partial charge in [-0.1, -0.05) is 51.0 Å². The van der Waals surface area contributed by atoms with Crippen LogP contribution in [-0.4, -0.2) is 4.98 Å². The molecule has 20 heavy (non-hydrogen) atoms. The van der Waals surface area contributed by atoms with Gasteiger partial charge in [-0.15, -0.1) is 0 Å². The average Bonchev–Trinajstić information content (AvgIpc) is 3.02. The lowest BCUT2D eigenvalue weighted by Gasteiger charge is -2.11. The molecule has 0 unspecified atom stereocenters. The Kier molecular flexibility index (Phi) is 3.86. The van der Waals surface area contributed by atoms with Crippen molar-refractivity contribution in [3.8, 4) is 11.3 Å². The van der Waals surface area contributed by atoms with Crippen LogP contribution in [0.25, 0.3) is 11.3 Å². The maximum atomic E-state index is 4.52. The van der Waals surface area contributed by atoms with Crippen LogP contribution in [0.15, 0.2) is 42.6 Å². The van der Waals surface area contributed by atoms with E-state index < -0.39 is 0 Å². The van der Waals surface area contributed by atoms with Gasteiger partial charge in [0, 0.05) is 11.8 Å². The van der Waals surface area contributed by atoms with Crippen molar-refractivity contribution in [1.82, 2.24) is 4.98 Å². The molecule has 1 aromatic heterocycles. The van der Waals surface area contributed by atoms with Gasteiger partial charge in [0.05, 0.1) is 5.69 Å². The first-order valence-corrected chi connectivity index (χ1v) is 7.80. The van der Waals surface area contributed by atoms with Crippen LogP contribution in [0.4, 0.5) is 0 Å². The lowest BCUT2D eigenvalue weighted by molar-refractivity contribution is 0.723. The molecular formula is C19H23N. The first kappa shape index (κ1) is 13.4. The summed E-state index contributed by atoms with van der Waals surface area (Å²) in [6.07, 6.45) is 7.44. The van der Waals surface area contributed by atoms with Crippen molar-refractivity contribution in [3.05, 3.63) is 53.7 Å². The van der Waals surface area contributed by atoms with Gasteiger partial charge < -0.3 is 0 Å². The highest BCUT2D eigenvalue weighted by Crippen LogP contribution is 2.34. The molecule has 0 N–H and O–H groups in total. The summed E-state index contributed by atoms with van der Waals surface area (Å²) in [5.74, 6) is 1.34. The highest BCUT2D eigenvalue weighted by molar-refractivity contribution is 5.60. The molecule has 104 valence electrons. The Hall–Kier alpha value is -1.63. The topological polar surface area (TPSA) is 12.9 Å². The van der Waals surface area contributed by atoms with E-state index in [4.69, 9.17) is 0 Å². The van der Waals surface area contributed by atoms with Crippen LogP contribution in [-0.2, 0) is 0 Å². The molecule has 3 rings (SSSR count). The smallest absolute Gasteiger partial charge is 0.0704 e. The minimum absolute atomic E-state index is 0.550. The van der Waals surface area contributed by atoms with Crippen LogP contribution >= 0.6 is 0 Å². The summed E-state index contributed by atoms with van der Waals surface area (Å²) in [4.78, 5) is 4.52. The van der Waals surface area contributed by atoms with Gasteiger partial charge in [-0.05, 0) is 47.9 Å². The fraction of sp³-hybridized carbons (Fsp3) is 0.421. The summed E-state index contributed by atoms with van der Waals surface area (Å²) < 4.78 is 0. The van der Waals surface area contributed by atoms with Gasteiger partial charge in [-0.3, -0.25) is 4.98 Å². The zero-order valence-corrected chi connectivity index (χ0v) is 12.5. The summed E-state index contributed by atoms with van der Waals surface area (Å²) in [6.45, 7) is 4.45. The fourth-order valence-corrected chi connectivity index (χ4v) is 3.15. The molecule has 1 aliphatic rings. The number of aromatic nitrogens is 1. The summed E-state index contributed by atoms with van der Waals surface area (Å²) >= 11 is 0. The highest BCUT2D eigenvalue weighted by Gasteiger charge is 2.16. The third kappa shape index (κ3) is 2.77. The predicted octanol–water partition coefficient (Wildman–Crippen LogP) is 5.53. The molecule has 0 radical (unpaired) electrons. The van der Waals surface area contributed by atoms with Gasteiger partial charge in [0.15, 0.2) is 0 Å². The number of benzene rings is 1. The molecule has 0 amide bonds. The number of rotatable bonds is 3. The zero-order valence-electron chi connectivity index (χ0n) is 12.5. The fourth-order valence-electron chi connectivity index (χ4n) is 3.15. The van der Waals surface area contributed by atoms with Gasteiger partial charge in [0.1, 0.15) is 0 Å². The van der Waals surface area contributed by atoms with Gasteiger partial charge in [-0.2, -0.15) is 0 Å². The predicted molar refractivity (Wildman–Crippen MR) is 85.0 cm³/mol. The molecule has 1 heteroatoms. The van der Waals surface area contributed by atoms with E-state index in [9.17, 15) is 0 Å². The quantitative estimate of drug-likeness (QED) is 0.711. The van der Waals surface area contributed by atoms with Crippen LogP contribution in [0.3, 0.4) is 0 Å². The third-order valence-electron chi connectivity index (χ3n) is 4.48. The van der Waals surface area contributed by atoms with E-state index in [-0.39, 0.29) is 0 Å². The lowest BCUT2D eigenvalue weighted by atomic mass is 9.95. The van der Waals surface area contributed by atoms with E-state index in [0.29, 0.717) is 5.92 Å². The average molecular weight is 265 g/mol. The standard InChI is InChI=1S/C19H23N/c1-14(2)18-11-12-20-19(13-18)17-9-7-16(8-10-17)15-5-3-4-6-15/h7-15H,3-6H2,1-2H3. The summed E-state index contributed by atoms with van der Waals surface area (Å²) in [5, 5.41) is 0. The molecule has 1 saturated carbocycles. The summed E-state index contributed by atoms with van der Waals surface area (Å²) in [5.41, 5.74) is 5.18. The van der Waals surface area contributed by atoms with Crippen molar-refractivity contribution in [1.29, 1.82) is 0 Å². The van der Waals surface area contributed by atoms with Crippen molar-refractivity contribution in [2.75, 3.05) is 0 Å². The van der Waals surface area contributed by atoms with E-state index in [2.05, 4.69) is 55.2 Å².